The molecule has 0 aromatic rings. The third-order valence-electron chi connectivity index (χ3n) is 2.62. The Bertz CT molecular complexity index is 301. The van der Waals surface area contributed by atoms with Gasteiger partial charge in [-0.05, 0) is 38.2 Å². The molecule has 0 saturated heterocycles. The van der Waals surface area contributed by atoms with E-state index < -0.39 is 5.60 Å². The zero-order valence-electron chi connectivity index (χ0n) is 12.0. The van der Waals surface area contributed by atoms with Gasteiger partial charge in [-0.3, -0.25) is 4.79 Å². The minimum atomic E-state index is -0.828. The summed E-state index contributed by atoms with van der Waals surface area (Å²) in [4.78, 5) is 11.3. The van der Waals surface area contributed by atoms with E-state index in [9.17, 15) is 9.90 Å². The number of allylic oxidation sites excluding steroid dienone is 1. The normalized spacial score (nSPS) is 15.3. The standard InChI is InChI=1S/C15H26O3/c1-6-15(5,17)9-7-8-13(4)11-18-14(16)10-12(2)3/h6,8,12,17H,1,7,9-11H2,2-5H3/b13-8+/t15-/m1/s1. The monoisotopic (exact) mass is 254 g/mol. The predicted molar refractivity (Wildman–Crippen MR) is 74.2 cm³/mol. The molecule has 104 valence electrons. The van der Waals surface area contributed by atoms with Crippen LogP contribution in [0, 0.1) is 5.92 Å². The summed E-state index contributed by atoms with van der Waals surface area (Å²) >= 11 is 0. The van der Waals surface area contributed by atoms with Crippen molar-refractivity contribution in [3.05, 3.63) is 24.3 Å². The summed E-state index contributed by atoms with van der Waals surface area (Å²) in [5.74, 6) is 0.167. The van der Waals surface area contributed by atoms with Crippen molar-refractivity contribution in [3.8, 4) is 0 Å². The highest BCUT2D eigenvalue weighted by atomic mass is 16.5. The average molecular weight is 254 g/mol. The lowest BCUT2D eigenvalue weighted by molar-refractivity contribution is -0.143. The molecule has 1 N–H and O–H groups in total. The second-order valence-corrected chi connectivity index (χ2v) is 5.41. The molecule has 0 saturated carbocycles. The number of carbonyl (C=O) groups excluding carboxylic acids is 1. The van der Waals surface area contributed by atoms with E-state index in [0.717, 1.165) is 12.0 Å². The summed E-state index contributed by atoms with van der Waals surface area (Å²) < 4.78 is 5.13. The summed E-state index contributed by atoms with van der Waals surface area (Å²) in [5.41, 5.74) is 0.178. The zero-order valence-corrected chi connectivity index (χ0v) is 12.0. The van der Waals surface area contributed by atoms with Crippen LogP contribution >= 0.6 is 0 Å². The molecule has 0 amide bonds. The third-order valence-corrected chi connectivity index (χ3v) is 2.62. The number of hydrogen-bond donors (Lipinski definition) is 1. The van der Waals surface area contributed by atoms with Gasteiger partial charge in [-0.1, -0.05) is 26.0 Å². The van der Waals surface area contributed by atoms with E-state index in [0.29, 0.717) is 25.4 Å². The zero-order chi connectivity index (χ0) is 14.2. The molecule has 0 heterocycles. The summed E-state index contributed by atoms with van der Waals surface area (Å²) in [6.45, 7) is 11.5. The average Bonchev–Trinajstić information content (AvgIpc) is 2.25. The lowest BCUT2D eigenvalue weighted by atomic mass is 10.00. The molecule has 0 unspecified atom stereocenters. The van der Waals surface area contributed by atoms with Gasteiger partial charge in [0.15, 0.2) is 0 Å². The minimum Gasteiger partial charge on any atom is -0.461 e. The molecule has 3 nitrogen and oxygen atoms in total. The molecule has 0 aromatic heterocycles. The van der Waals surface area contributed by atoms with E-state index in [2.05, 4.69) is 6.58 Å². The van der Waals surface area contributed by atoms with Gasteiger partial charge in [0.1, 0.15) is 6.61 Å². The molecule has 0 radical (unpaired) electrons. The van der Waals surface area contributed by atoms with E-state index in [1.807, 2.05) is 26.8 Å². The van der Waals surface area contributed by atoms with Crippen LogP contribution in [-0.4, -0.2) is 23.3 Å². The Balaban J connectivity index is 3.92. The van der Waals surface area contributed by atoms with Crippen molar-refractivity contribution in [3.63, 3.8) is 0 Å². The molecular weight excluding hydrogens is 228 g/mol. The number of hydrogen-bond acceptors (Lipinski definition) is 3. The second-order valence-electron chi connectivity index (χ2n) is 5.41. The largest absolute Gasteiger partial charge is 0.461 e. The van der Waals surface area contributed by atoms with Crippen LogP contribution in [0.3, 0.4) is 0 Å². The fraction of sp³-hybridized carbons (Fsp3) is 0.667. The van der Waals surface area contributed by atoms with Crippen molar-refractivity contribution in [2.45, 2.75) is 52.6 Å². The van der Waals surface area contributed by atoms with Gasteiger partial charge in [0.05, 0.1) is 5.60 Å². The molecule has 3 heteroatoms. The van der Waals surface area contributed by atoms with Crippen molar-refractivity contribution in [1.29, 1.82) is 0 Å². The quantitative estimate of drug-likeness (QED) is 0.534. The maximum Gasteiger partial charge on any atom is 0.306 e. The number of ether oxygens (including phenoxy) is 1. The molecule has 0 fully saturated rings. The van der Waals surface area contributed by atoms with Gasteiger partial charge in [-0.15, -0.1) is 6.58 Å². The topological polar surface area (TPSA) is 46.5 Å². The Kier molecular flexibility index (Phi) is 7.60. The van der Waals surface area contributed by atoms with E-state index in [4.69, 9.17) is 4.74 Å². The first-order valence-corrected chi connectivity index (χ1v) is 6.44. The molecule has 1 atom stereocenters. The summed E-state index contributed by atoms with van der Waals surface area (Å²) in [6, 6.07) is 0. The summed E-state index contributed by atoms with van der Waals surface area (Å²) in [6.07, 6.45) is 5.35. The van der Waals surface area contributed by atoms with Crippen molar-refractivity contribution >= 4 is 5.97 Å². The minimum absolute atomic E-state index is 0.157. The third kappa shape index (κ3) is 8.99. The van der Waals surface area contributed by atoms with Gasteiger partial charge in [0.2, 0.25) is 0 Å². The van der Waals surface area contributed by atoms with Crippen molar-refractivity contribution in [2.75, 3.05) is 6.61 Å². The van der Waals surface area contributed by atoms with Crippen molar-refractivity contribution in [2.24, 2.45) is 5.92 Å². The molecule has 0 aliphatic rings. The number of esters is 1. The first kappa shape index (κ1) is 16.9. The highest BCUT2D eigenvalue weighted by molar-refractivity contribution is 5.69. The van der Waals surface area contributed by atoms with Gasteiger partial charge >= 0.3 is 5.97 Å². The fourth-order valence-corrected chi connectivity index (χ4v) is 1.36. The second kappa shape index (κ2) is 8.09. The van der Waals surface area contributed by atoms with Gasteiger partial charge in [0, 0.05) is 6.42 Å². The van der Waals surface area contributed by atoms with Crippen molar-refractivity contribution < 1.29 is 14.6 Å². The number of carbonyl (C=O) groups is 1. The Labute approximate surface area is 111 Å². The number of aliphatic hydroxyl groups is 1. The lowest BCUT2D eigenvalue weighted by Gasteiger charge is -2.16. The van der Waals surface area contributed by atoms with Crippen LogP contribution in [0.2, 0.25) is 0 Å². The molecule has 18 heavy (non-hydrogen) atoms. The SMILES string of the molecule is C=C[C@@](C)(O)CC/C=C(\C)COC(=O)CC(C)C. The highest BCUT2D eigenvalue weighted by Crippen LogP contribution is 2.14. The Morgan fingerprint density at radius 2 is 2.11 bits per heavy atom. The first-order chi connectivity index (χ1) is 8.26. The molecule has 0 aliphatic heterocycles. The van der Waals surface area contributed by atoms with Gasteiger partial charge in [0.25, 0.3) is 0 Å². The smallest absolute Gasteiger partial charge is 0.306 e. The van der Waals surface area contributed by atoms with Crippen LogP contribution in [0.5, 0.6) is 0 Å². The first-order valence-electron chi connectivity index (χ1n) is 6.44. The molecular formula is C15H26O3. The fourth-order valence-electron chi connectivity index (χ4n) is 1.36. The van der Waals surface area contributed by atoms with E-state index in [-0.39, 0.29) is 5.97 Å². The Morgan fingerprint density at radius 1 is 1.50 bits per heavy atom. The molecule has 0 aromatic carbocycles. The van der Waals surface area contributed by atoms with Crippen LogP contribution in [0.25, 0.3) is 0 Å². The molecule has 0 aliphatic carbocycles. The van der Waals surface area contributed by atoms with Crippen LogP contribution < -0.4 is 0 Å². The van der Waals surface area contributed by atoms with E-state index >= 15 is 0 Å². The molecule has 0 bridgehead atoms. The summed E-state index contributed by atoms with van der Waals surface area (Å²) in [7, 11) is 0. The van der Waals surface area contributed by atoms with E-state index in [1.54, 1.807) is 13.0 Å². The molecule has 0 rings (SSSR count). The highest BCUT2D eigenvalue weighted by Gasteiger charge is 2.13. The van der Waals surface area contributed by atoms with Gasteiger partial charge < -0.3 is 9.84 Å². The number of rotatable bonds is 8. The Hall–Kier alpha value is -1.09. The predicted octanol–water partition coefficient (Wildman–Crippen LogP) is 3.24. The van der Waals surface area contributed by atoms with Gasteiger partial charge in [-0.2, -0.15) is 0 Å². The maximum absolute atomic E-state index is 11.3. The van der Waals surface area contributed by atoms with Crippen molar-refractivity contribution in [1.82, 2.24) is 0 Å². The summed E-state index contributed by atoms with van der Waals surface area (Å²) in [5, 5.41) is 9.72. The van der Waals surface area contributed by atoms with Crippen LogP contribution in [0.1, 0.15) is 47.0 Å². The van der Waals surface area contributed by atoms with Crippen LogP contribution in [0.15, 0.2) is 24.3 Å². The Morgan fingerprint density at radius 3 is 2.61 bits per heavy atom. The lowest BCUT2D eigenvalue weighted by Crippen LogP contribution is -2.19. The van der Waals surface area contributed by atoms with Crippen LogP contribution in [-0.2, 0) is 9.53 Å². The van der Waals surface area contributed by atoms with E-state index in [1.165, 1.54) is 0 Å². The maximum atomic E-state index is 11.3. The molecule has 0 spiro atoms. The van der Waals surface area contributed by atoms with Gasteiger partial charge in [-0.25, -0.2) is 0 Å². The van der Waals surface area contributed by atoms with Crippen LogP contribution in [0.4, 0.5) is 0 Å².